The van der Waals surface area contributed by atoms with Crippen molar-refractivity contribution >= 4 is 34.4 Å². The average Bonchev–Trinajstić information content (AvgIpc) is 2.78. The number of nitrogens with two attached hydrogens (primary N) is 1. The number of carboxylic acids is 1. The number of aliphatic hydroxyl groups excluding tert-OH is 1. The summed E-state index contributed by atoms with van der Waals surface area (Å²) < 4.78 is 44.1. The Balaban J connectivity index is 1.96. The van der Waals surface area contributed by atoms with Crippen LogP contribution in [0.15, 0.2) is 28.3 Å². The first-order valence-corrected chi connectivity index (χ1v) is 9.76. The van der Waals surface area contributed by atoms with Crippen molar-refractivity contribution in [2.75, 3.05) is 30.8 Å². The maximum atomic E-state index is 15.0. The van der Waals surface area contributed by atoms with E-state index in [0.29, 0.717) is 11.8 Å². The predicted octanol–water partition coefficient (Wildman–Crippen LogP) is 1.05. The van der Waals surface area contributed by atoms with E-state index in [1.807, 2.05) is 0 Å². The number of oxime groups is 1. The molecule has 0 spiro atoms. The molecule has 4 rings (SSSR count). The molecule has 14 heteroatoms. The number of aliphatic hydroxyl groups is 1. The first kappa shape index (κ1) is 23.0. The second-order valence-corrected chi connectivity index (χ2v) is 7.35. The summed E-state index contributed by atoms with van der Waals surface area (Å²) in [6.07, 6.45) is -0.138. The number of nitrogen functional groups attached to an aromatic ring is 1. The van der Waals surface area contributed by atoms with Gasteiger partial charge in [0.2, 0.25) is 5.43 Å². The summed E-state index contributed by atoms with van der Waals surface area (Å²) in [6.45, 7) is 0.0490. The quantitative estimate of drug-likeness (QED) is 0.467. The molecule has 4 heterocycles. The Morgan fingerprint density at radius 2 is 1.91 bits per heavy atom. The minimum Gasteiger partial charge on any atom is -0.477 e. The number of aromatic nitrogens is 3. The summed E-state index contributed by atoms with van der Waals surface area (Å²) >= 11 is 0. The number of piperidine rings is 1. The fourth-order valence-corrected chi connectivity index (χ4v) is 3.63. The molecular weight excluding hydrogens is 461 g/mol. The molecule has 0 bridgehead atoms. The fourth-order valence-electron chi connectivity index (χ4n) is 3.63. The van der Waals surface area contributed by atoms with E-state index in [1.54, 1.807) is 0 Å². The first-order valence-electron chi connectivity index (χ1n) is 9.76. The summed E-state index contributed by atoms with van der Waals surface area (Å²) in [7, 11) is 1.32. The predicted molar refractivity (Wildman–Crippen MR) is 114 cm³/mol. The van der Waals surface area contributed by atoms with Gasteiger partial charge < -0.3 is 25.7 Å². The zero-order valence-corrected chi connectivity index (χ0v) is 17.5. The molecular formula is C20H17F3N6O5. The number of hydrogen-bond donors (Lipinski definition) is 3. The van der Waals surface area contributed by atoms with E-state index < -0.39 is 57.5 Å². The zero-order chi connectivity index (χ0) is 24.7. The molecule has 0 radical (unpaired) electrons. The van der Waals surface area contributed by atoms with E-state index in [4.69, 9.17) is 5.73 Å². The largest absolute Gasteiger partial charge is 0.477 e. The Hall–Kier alpha value is -4.20. The number of rotatable bonds is 4. The van der Waals surface area contributed by atoms with Gasteiger partial charge in [0.05, 0.1) is 17.6 Å². The van der Waals surface area contributed by atoms with E-state index in [1.165, 1.54) is 12.0 Å². The Morgan fingerprint density at radius 3 is 2.56 bits per heavy atom. The number of hydrogen-bond acceptors (Lipinski definition) is 9. The summed E-state index contributed by atoms with van der Waals surface area (Å²) in [5, 5.41) is 22.9. The minimum atomic E-state index is -1.66. The number of carboxylic acid groups (broad SMARTS) is 1. The van der Waals surface area contributed by atoms with E-state index in [0.717, 1.165) is 16.8 Å². The molecule has 0 aromatic carbocycles. The van der Waals surface area contributed by atoms with Gasteiger partial charge >= 0.3 is 5.97 Å². The molecule has 1 fully saturated rings. The zero-order valence-electron chi connectivity index (χ0n) is 17.5. The lowest BCUT2D eigenvalue weighted by molar-refractivity contribution is 0.0695. The van der Waals surface area contributed by atoms with Crippen LogP contribution in [0.2, 0.25) is 0 Å². The minimum absolute atomic E-state index is 0.120. The Bertz CT molecular complexity index is 1410. The number of aromatic carboxylic acids is 1. The van der Waals surface area contributed by atoms with Crippen LogP contribution in [0.4, 0.5) is 24.8 Å². The van der Waals surface area contributed by atoms with Crippen molar-refractivity contribution in [1.29, 1.82) is 0 Å². The molecule has 0 saturated carbocycles. The Kier molecular flexibility index (Phi) is 5.83. The van der Waals surface area contributed by atoms with Crippen LogP contribution in [0.3, 0.4) is 0 Å². The Labute approximate surface area is 188 Å². The van der Waals surface area contributed by atoms with Gasteiger partial charge in [-0.2, -0.15) is 0 Å². The van der Waals surface area contributed by atoms with Crippen molar-refractivity contribution in [3.63, 3.8) is 0 Å². The normalized spacial score (nSPS) is 17.4. The van der Waals surface area contributed by atoms with Crippen LogP contribution >= 0.6 is 0 Å². The van der Waals surface area contributed by atoms with E-state index in [-0.39, 0.29) is 31.0 Å². The van der Waals surface area contributed by atoms with Crippen molar-refractivity contribution in [1.82, 2.24) is 14.5 Å². The van der Waals surface area contributed by atoms with Crippen molar-refractivity contribution in [3.8, 4) is 5.82 Å². The van der Waals surface area contributed by atoms with Gasteiger partial charge in [0.15, 0.2) is 40.6 Å². The number of halogens is 3. The van der Waals surface area contributed by atoms with Crippen molar-refractivity contribution in [2.24, 2.45) is 5.16 Å². The molecule has 0 aliphatic carbocycles. The number of nitrogens with zero attached hydrogens (tertiary/aromatic N) is 5. The van der Waals surface area contributed by atoms with Gasteiger partial charge in [-0.05, 0) is 6.07 Å². The van der Waals surface area contributed by atoms with Crippen LogP contribution in [0.1, 0.15) is 16.8 Å². The molecule has 1 unspecified atom stereocenters. The van der Waals surface area contributed by atoms with Gasteiger partial charge in [-0.3, -0.25) is 9.36 Å². The highest BCUT2D eigenvalue weighted by molar-refractivity contribution is 5.93. The molecule has 34 heavy (non-hydrogen) atoms. The number of fused-ring (bicyclic) bond motifs is 1. The molecule has 4 N–H and O–H groups in total. The number of β-amino-alcohol motifs (C(OH)–C–C–N with tert-alkyl or cyclic N) is 1. The van der Waals surface area contributed by atoms with Crippen LogP contribution in [0.25, 0.3) is 16.9 Å². The molecule has 178 valence electrons. The van der Waals surface area contributed by atoms with Crippen molar-refractivity contribution in [3.05, 3.63) is 51.6 Å². The summed E-state index contributed by atoms with van der Waals surface area (Å²) in [5.74, 6) is -6.66. The summed E-state index contributed by atoms with van der Waals surface area (Å²) in [5.41, 5.74) is 3.54. The van der Waals surface area contributed by atoms with Gasteiger partial charge in [-0.25, -0.2) is 27.9 Å². The maximum absolute atomic E-state index is 15.0. The van der Waals surface area contributed by atoms with Crippen LogP contribution in [0, 0.1) is 17.5 Å². The standard InChI is InChI=1S/C20H17F3N6O5/c1-34-27-13-2-3-28(7-14(13)30)18-11(22)4-8-15(31)9(20(32)33)6-29(17(8)26-18)19-12(23)5-10(21)16(24)25-19/h4-6,14,30H,2-3,7H2,1H3,(H2,24,25)(H,32,33)/b27-13+. The highest BCUT2D eigenvalue weighted by Crippen LogP contribution is 2.26. The third-order valence-electron chi connectivity index (χ3n) is 5.23. The second kappa shape index (κ2) is 8.62. The van der Waals surface area contributed by atoms with E-state index in [9.17, 15) is 28.6 Å². The molecule has 1 atom stereocenters. The lowest BCUT2D eigenvalue weighted by atomic mass is 10.1. The molecule has 1 aliphatic heterocycles. The van der Waals surface area contributed by atoms with Gasteiger partial charge in [0, 0.05) is 25.2 Å². The van der Waals surface area contributed by atoms with Gasteiger partial charge in [0.25, 0.3) is 0 Å². The van der Waals surface area contributed by atoms with Crippen LogP contribution in [-0.2, 0) is 4.84 Å². The van der Waals surface area contributed by atoms with Crippen molar-refractivity contribution in [2.45, 2.75) is 12.5 Å². The van der Waals surface area contributed by atoms with Crippen LogP contribution in [0.5, 0.6) is 0 Å². The third-order valence-corrected chi connectivity index (χ3v) is 5.23. The first-order chi connectivity index (χ1) is 16.1. The highest BCUT2D eigenvalue weighted by Gasteiger charge is 2.29. The number of anilines is 2. The topological polar surface area (TPSA) is 156 Å². The lowest BCUT2D eigenvalue weighted by Gasteiger charge is -2.32. The molecule has 11 nitrogen and oxygen atoms in total. The van der Waals surface area contributed by atoms with Gasteiger partial charge in [-0.1, -0.05) is 5.16 Å². The lowest BCUT2D eigenvalue weighted by Crippen LogP contribution is -2.45. The highest BCUT2D eigenvalue weighted by atomic mass is 19.1. The Morgan fingerprint density at radius 1 is 1.21 bits per heavy atom. The van der Waals surface area contributed by atoms with E-state index in [2.05, 4.69) is 20.0 Å². The molecule has 3 aromatic heterocycles. The SMILES string of the molecule is CO/N=C1\CCN(c2nc3c(cc2F)c(=O)c(C(=O)O)cn3-c2nc(N)c(F)cc2F)CC1O. The monoisotopic (exact) mass is 478 g/mol. The van der Waals surface area contributed by atoms with Gasteiger partial charge in [0.1, 0.15) is 18.8 Å². The van der Waals surface area contributed by atoms with Crippen LogP contribution in [-0.4, -0.2) is 62.7 Å². The third kappa shape index (κ3) is 3.87. The van der Waals surface area contributed by atoms with E-state index >= 15 is 4.39 Å². The number of carbonyl (C=O) groups is 1. The summed E-state index contributed by atoms with van der Waals surface area (Å²) in [6, 6.07) is 1.20. The van der Waals surface area contributed by atoms with Crippen LogP contribution < -0.4 is 16.1 Å². The average molecular weight is 478 g/mol. The molecule has 3 aromatic rings. The van der Waals surface area contributed by atoms with Gasteiger partial charge in [-0.15, -0.1) is 0 Å². The smallest absolute Gasteiger partial charge is 0.341 e. The molecule has 0 amide bonds. The second-order valence-electron chi connectivity index (χ2n) is 7.35. The van der Waals surface area contributed by atoms with Crippen molar-refractivity contribution < 1.29 is 33.0 Å². The fraction of sp³-hybridized carbons (Fsp3) is 0.250. The molecule has 1 saturated heterocycles. The summed E-state index contributed by atoms with van der Waals surface area (Å²) in [4.78, 5) is 38.1. The molecule has 1 aliphatic rings. The number of pyridine rings is 3. The maximum Gasteiger partial charge on any atom is 0.341 e.